The summed E-state index contributed by atoms with van der Waals surface area (Å²) in [6.07, 6.45) is 1.26. The molecule has 1 aliphatic rings. The maximum atomic E-state index is 10.5. The molecule has 0 unspecified atom stereocenters. The van der Waals surface area contributed by atoms with Crippen molar-refractivity contribution in [1.29, 1.82) is 0 Å². The van der Waals surface area contributed by atoms with Crippen LogP contribution in [0.1, 0.15) is 25.3 Å². The third-order valence-electron chi connectivity index (χ3n) is 4.01. The highest BCUT2D eigenvalue weighted by atomic mass is 35.5. The molecule has 0 amide bonds. The van der Waals surface area contributed by atoms with E-state index in [1.165, 1.54) is 0 Å². The highest BCUT2D eigenvalue weighted by Gasteiger charge is 2.29. The van der Waals surface area contributed by atoms with E-state index in [1.807, 2.05) is 43.1 Å². The second-order valence-electron chi connectivity index (χ2n) is 5.95. The van der Waals surface area contributed by atoms with E-state index in [4.69, 9.17) is 16.3 Å². The molecule has 1 aliphatic heterocycles. The molecule has 0 atom stereocenters. The summed E-state index contributed by atoms with van der Waals surface area (Å²) in [5, 5.41) is 14.6. The summed E-state index contributed by atoms with van der Waals surface area (Å²) in [5.41, 5.74) is 0.288. The quantitative estimate of drug-likeness (QED) is 0.638. The summed E-state index contributed by atoms with van der Waals surface area (Å²) < 4.78 is 5.31. The first kappa shape index (κ1) is 18.0. The Labute approximate surface area is 143 Å². The van der Waals surface area contributed by atoms with Gasteiger partial charge in [0.1, 0.15) is 0 Å². The molecule has 0 saturated carbocycles. The van der Waals surface area contributed by atoms with Gasteiger partial charge in [0.15, 0.2) is 5.96 Å². The van der Waals surface area contributed by atoms with Crippen LogP contribution in [-0.2, 0) is 11.3 Å². The fraction of sp³-hybridized carbons (Fsp3) is 0.588. The zero-order chi connectivity index (χ0) is 16.7. The molecule has 1 saturated heterocycles. The predicted molar refractivity (Wildman–Crippen MR) is 93.9 cm³/mol. The van der Waals surface area contributed by atoms with Gasteiger partial charge in [0.2, 0.25) is 0 Å². The van der Waals surface area contributed by atoms with Crippen LogP contribution in [-0.4, -0.2) is 54.9 Å². The first-order valence-corrected chi connectivity index (χ1v) is 8.45. The van der Waals surface area contributed by atoms with Crippen LogP contribution < -0.4 is 5.32 Å². The zero-order valence-electron chi connectivity index (χ0n) is 13.9. The van der Waals surface area contributed by atoms with Crippen molar-refractivity contribution in [3.63, 3.8) is 0 Å². The number of hydrogen-bond acceptors (Lipinski definition) is 3. The molecule has 5 nitrogen and oxygen atoms in total. The lowest BCUT2D eigenvalue weighted by atomic mass is 9.95. The molecular weight excluding hydrogens is 314 g/mol. The van der Waals surface area contributed by atoms with E-state index in [0.717, 1.165) is 23.1 Å². The van der Waals surface area contributed by atoms with E-state index < -0.39 is 5.60 Å². The van der Waals surface area contributed by atoms with Gasteiger partial charge < -0.3 is 20.1 Å². The molecule has 128 valence electrons. The first-order valence-electron chi connectivity index (χ1n) is 8.07. The van der Waals surface area contributed by atoms with Gasteiger partial charge in [-0.3, -0.25) is 4.99 Å². The summed E-state index contributed by atoms with van der Waals surface area (Å²) in [7, 11) is 1.97. The van der Waals surface area contributed by atoms with E-state index in [1.54, 1.807) is 0 Å². The summed E-state index contributed by atoms with van der Waals surface area (Å²) >= 11 is 6.23. The van der Waals surface area contributed by atoms with E-state index in [0.29, 0.717) is 39.1 Å². The van der Waals surface area contributed by atoms with E-state index in [9.17, 15) is 5.11 Å². The van der Waals surface area contributed by atoms with Crippen molar-refractivity contribution < 1.29 is 9.84 Å². The number of hydrogen-bond donors (Lipinski definition) is 2. The third kappa shape index (κ3) is 5.37. The Morgan fingerprint density at radius 2 is 2.09 bits per heavy atom. The fourth-order valence-corrected chi connectivity index (χ4v) is 2.75. The van der Waals surface area contributed by atoms with Gasteiger partial charge in [0.25, 0.3) is 0 Å². The Balaban J connectivity index is 2.04. The monoisotopic (exact) mass is 339 g/mol. The molecule has 0 aliphatic carbocycles. The molecule has 1 aromatic rings. The Kier molecular flexibility index (Phi) is 6.69. The lowest BCUT2D eigenvalue weighted by molar-refractivity contribution is -0.0566. The lowest BCUT2D eigenvalue weighted by Gasteiger charge is -2.31. The molecule has 2 N–H and O–H groups in total. The van der Waals surface area contributed by atoms with E-state index in [-0.39, 0.29) is 0 Å². The molecule has 0 bridgehead atoms. The molecule has 1 aromatic carbocycles. The number of nitrogens with zero attached hydrogens (tertiary/aromatic N) is 2. The number of halogens is 1. The molecular formula is C17H26ClN3O2. The number of rotatable bonds is 5. The number of aliphatic imine (C=N–C) groups is 1. The molecule has 0 spiro atoms. The van der Waals surface area contributed by atoms with Gasteiger partial charge in [-0.15, -0.1) is 0 Å². The summed E-state index contributed by atoms with van der Waals surface area (Å²) in [5.74, 6) is 0.771. The molecule has 2 rings (SSSR count). The van der Waals surface area contributed by atoms with Crippen molar-refractivity contribution >= 4 is 17.6 Å². The van der Waals surface area contributed by atoms with Crippen LogP contribution in [0.4, 0.5) is 0 Å². The second kappa shape index (κ2) is 8.52. The minimum atomic E-state index is -0.760. The second-order valence-corrected chi connectivity index (χ2v) is 6.36. The van der Waals surface area contributed by atoms with Crippen LogP contribution in [0.25, 0.3) is 0 Å². The van der Waals surface area contributed by atoms with E-state index >= 15 is 0 Å². The third-order valence-corrected chi connectivity index (χ3v) is 4.38. The first-order chi connectivity index (χ1) is 11.0. The summed E-state index contributed by atoms with van der Waals surface area (Å²) in [6.45, 7) is 5.03. The predicted octanol–water partition coefficient (Wildman–Crippen LogP) is 2.28. The van der Waals surface area contributed by atoms with Gasteiger partial charge in [-0.1, -0.05) is 29.8 Å². The van der Waals surface area contributed by atoms with Gasteiger partial charge in [0.05, 0.1) is 12.1 Å². The smallest absolute Gasteiger partial charge is 0.194 e. The number of benzene rings is 1. The van der Waals surface area contributed by atoms with Crippen molar-refractivity contribution in [3.05, 3.63) is 34.9 Å². The van der Waals surface area contributed by atoms with Crippen molar-refractivity contribution in [3.8, 4) is 0 Å². The van der Waals surface area contributed by atoms with Crippen LogP contribution >= 0.6 is 11.6 Å². The average molecular weight is 340 g/mol. The van der Waals surface area contributed by atoms with Crippen LogP contribution in [0.3, 0.4) is 0 Å². The standard InChI is InChI=1S/C17H26ClN3O2/c1-3-19-16(20-13-17(22)8-10-23-11-9-17)21(2)12-14-6-4-5-7-15(14)18/h4-7,22H,3,8-13H2,1-2H3,(H,19,20). The highest BCUT2D eigenvalue weighted by Crippen LogP contribution is 2.21. The van der Waals surface area contributed by atoms with Gasteiger partial charge in [0, 0.05) is 51.2 Å². The number of aliphatic hydroxyl groups is 1. The molecule has 6 heteroatoms. The van der Waals surface area contributed by atoms with Gasteiger partial charge >= 0.3 is 0 Å². The van der Waals surface area contributed by atoms with E-state index in [2.05, 4.69) is 10.3 Å². The number of ether oxygens (including phenoxy) is 1. The van der Waals surface area contributed by atoms with Crippen molar-refractivity contribution in [1.82, 2.24) is 10.2 Å². The molecule has 0 radical (unpaired) electrons. The largest absolute Gasteiger partial charge is 0.388 e. The van der Waals surface area contributed by atoms with Crippen LogP contribution in [0.2, 0.25) is 5.02 Å². The topological polar surface area (TPSA) is 57.1 Å². The van der Waals surface area contributed by atoms with Crippen LogP contribution in [0.15, 0.2) is 29.3 Å². The maximum Gasteiger partial charge on any atom is 0.194 e. The lowest BCUT2D eigenvalue weighted by Crippen LogP contribution is -2.43. The van der Waals surface area contributed by atoms with Gasteiger partial charge in [-0.05, 0) is 18.6 Å². The number of guanidine groups is 1. The molecule has 0 aromatic heterocycles. The molecule has 23 heavy (non-hydrogen) atoms. The number of nitrogens with one attached hydrogen (secondary N) is 1. The maximum absolute atomic E-state index is 10.5. The van der Waals surface area contributed by atoms with Crippen LogP contribution in [0, 0.1) is 0 Å². The van der Waals surface area contributed by atoms with Crippen molar-refractivity contribution in [2.45, 2.75) is 31.9 Å². The van der Waals surface area contributed by atoms with Crippen molar-refractivity contribution in [2.75, 3.05) is 33.4 Å². The normalized spacial score (nSPS) is 17.8. The molecule has 1 heterocycles. The SMILES string of the molecule is CCNC(=NCC1(O)CCOCC1)N(C)Cc1ccccc1Cl. The Morgan fingerprint density at radius 1 is 1.39 bits per heavy atom. The Hall–Kier alpha value is -1.30. The summed E-state index contributed by atoms with van der Waals surface area (Å²) in [6, 6.07) is 7.80. The highest BCUT2D eigenvalue weighted by molar-refractivity contribution is 6.31. The Bertz CT molecular complexity index is 530. The summed E-state index contributed by atoms with van der Waals surface area (Å²) in [4.78, 5) is 6.64. The Morgan fingerprint density at radius 3 is 2.74 bits per heavy atom. The van der Waals surface area contributed by atoms with Gasteiger partial charge in [-0.25, -0.2) is 0 Å². The zero-order valence-corrected chi connectivity index (χ0v) is 14.6. The molecule has 1 fully saturated rings. The van der Waals surface area contributed by atoms with Crippen molar-refractivity contribution in [2.24, 2.45) is 4.99 Å². The van der Waals surface area contributed by atoms with Crippen LogP contribution in [0.5, 0.6) is 0 Å². The minimum Gasteiger partial charge on any atom is -0.388 e. The fourth-order valence-electron chi connectivity index (χ4n) is 2.56. The average Bonchev–Trinajstić information content (AvgIpc) is 2.54. The minimum absolute atomic E-state index is 0.381. The van der Waals surface area contributed by atoms with Gasteiger partial charge in [-0.2, -0.15) is 0 Å².